The second kappa shape index (κ2) is 5.98. The standard InChI is InChI=1S/C13H19N3O4S/c1-16(2)21(19,20)9-6-7-12(14-8-9)15-11-5-3-4-10(11)13(17)18/h6-8,10-11H,3-5H2,1-2H3,(H,14,15)(H,17,18). The summed E-state index contributed by atoms with van der Waals surface area (Å²) in [6.07, 6.45) is 3.57. The van der Waals surface area contributed by atoms with Gasteiger partial charge in [-0.05, 0) is 25.0 Å². The van der Waals surface area contributed by atoms with Crippen molar-refractivity contribution in [1.29, 1.82) is 0 Å². The molecular formula is C13H19N3O4S. The van der Waals surface area contributed by atoms with Gasteiger partial charge in [0.25, 0.3) is 0 Å². The van der Waals surface area contributed by atoms with Crippen LogP contribution in [0.3, 0.4) is 0 Å². The quantitative estimate of drug-likeness (QED) is 0.841. The third-order valence-corrected chi connectivity index (χ3v) is 5.48. The van der Waals surface area contributed by atoms with E-state index in [1.54, 1.807) is 6.07 Å². The zero-order valence-corrected chi connectivity index (χ0v) is 12.8. The van der Waals surface area contributed by atoms with Crippen molar-refractivity contribution in [2.75, 3.05) is 19.4 Å². The first-order valence-electron chi connectivity index (χ1n) is 6.70. The first-order chi connectivity index (χ1) is 9.82. The average Bonchev–Trinajstić information content (AvgIpc) is 2.87. The first kappa shape index (κ1) is 15.7. The predicted octanol–water partition coefficient (Wildman–Crippen LogP) is 0.997. The van der Waals surface area contributed by atoms with Crippen molar-refractivity contribution in [3.05, 3.63) is 18.3 Å². The molecular weight excluding hydrogens is 294 g/mol. The molecule has 21 heavy (non-hydrogen) atoms. The number of hydrogen-bond acceptors (Lipinski definition) is 5. The summed E-state index contributed by atoms with van der Waals surface area (Å²) in [6, 6.07) is 2.87. The lowest BCUT2D eigenvalue weighted by atomic mass is 10.0. The number of hydrogen-bond donors (Lipinski definition) is 2. The fourth-order valence-electron chi connectivity index (χ4n) is 2.45. The Morgan fingerprint density at radius 3 is 2.62 bits per heavy atom. The van der Waals surface area contributed by atoms with E-state index in [1.807, 2.05) is 0 Å². The lowest BCUT2D eigenvalue weighted by Crippen LogP contribution is -2.30. The van der Waals surface area contributed by atoms with Crippen molar-refractivity contribution < 1.29 is 18.3 Å². The molecule has 2 rings (SSSR count). The molecule has 0 aromatic carbocycles. The molecule has 0 aliphatic heterocycles. The number of nitrogens with one attached hydrogen (secondary N) is 1. The number of sulfonamides is 1. The molecule has 1 heterocycles. The van der Waals surface area contributed by atoms with Crippen LogP contribution in [0.1, 0.15) is 19.3 Å². The Morgan fingerprint density at radius 1 is 1.38 bits per heavy atom. The molecule has 1 aromatic rings. The van der Waals surface area contributed by atoms with Gasteiger partial charge in [0.15, 0.2) is 0 Å². The third-order valence-electron chi connectivity index (χ3n) is 3.68. The molecule has 0 amide bonds. The van der Waals surface area contributed by atoms with E-state index >= 15 is 0 Å². The second-order valence-corrected chi connectivity index (χ2v) is 7.44. The number of anilines is 1. The highest BCUT2D eigenvalue weighted by Crippen LogP contribution is 2.28. The first-order valence-corrected chi connectivity index (χ1v) is 8.14. The molecule has 7 nitrogen and oxygen atoms in total. The Bertz CT molecular complexity index is 613. The van der Waals surface area contributed by atoms with Crippen LogP contribution in [-0.4, -0.2) is 48.9 Å². The third kappa shape index (κ3) is 3.33. The summed E-state index contributed by atoms with van der Waals surface area (Å²) in [5.41, 5.74) is 0. The predicted molar refractivity (Wildman–Crippen MR) is 77.5 cm³/mol. The number of aromatic nitrogens is 1. The fourth-order valence-corrected chi connectivity index (χ4v) is 3.29. The molecule has 0 spiro atoms. The second-order valence-electron chi connectivity index (χ2n) is 5.29. The summed E-state index contributed by atoms with van der Waals surface area (Å²) >= 11 is 0. The van der Waals surface area contributed by atoms with E-state index in [9.17, 15) is 13.2 Å². The van der Waals surface area contributed by atoms with Crippen molar-refractivity contribution in [3.8, 4) is 0 Å². The molecule has 1 saturated carbocycles. The fraction of sp³-hybridized carbons (Fsp3) is 0.538. The number of aliphatic carboxylic acids is 1. The highest BCUT2D eigenvalue weighted by atomic mass is 32.2. The number of pyridine rings is 1. The Hall–Kier alpha value is -1.67. The number of carboxylic acids is 1. The van der Waals surface area contributed by atoms with E-state index in [2.05, 4.69) is 10.3 Å². The highest BCUT2D eigenvalue weighted by Gasteiger charge is 2.33. The molecule has 1 aliphatic rings. The van der Waals surface area contributed by atoms with Crippen LogP contribution in [-0.2, 0) is 14.8 Å². The number of nitrogens with zero attached hydrogens (tertiary/aromatic N) is 2. The monoisotopic (exact) mass is 313 g/mol. The topological polar surface area (TPSA) is 99.6 Å². The zero-order valence-electron chi connectivity index (χ0n) is 12.0. The van der Waals surface area contributed by atoms with Crippen LogP contribution in [0.25, 0.3) is 0 Å². The van der Waals surface area contributed by atoms with E-state index in [0.717, 1.165) is 17.1 Å². The lowest BCUT2D eigenvalue weighted by Gasteiger charge is -2.18. The van der Waals surface area contributed by atoms with E-state index in [0.29, 0.717) is 12.2 Å². The Kier molecular flexibility index (Phi) is 4.48. The Morgan fingerprint density at radius 2 is 2.10 bits per heavy atom. The van der Waals surface area contributed by atoms with Gasteiger partial charge in [0.2, 0.25) is 10.0 Å². The van der Waals surface area contributed by atoms with Crippen LogP contribution in [0.5, 0.6) is 0 Å². The minimum absolute atomic E-state index is 0.110. The van der Waals surface area contributed by atoms with Gasteiger partial charge in [-0.1, -0.05) is 6.42 Å². The van der Waals surface area contributed by atoms with Gasteiger partial charge in [0.1, 0.15) is 10.7 Å². The van der Waals surface area contributed by atoms with Gasteiger partial charge in [0.05, 0.1) is 5.92 Å². The van der Waals surface area contributed by atoms with Gasteiger partial charge in [-0.25, -0.2) is 17.7 Å². The Labute approximate surface area is 124 Å². The van der Waals surface area contributed by atoms with Crippen LogP contribution in [0, 0.1) is 5.92 Å². The molecule has 2 N–H and O–H groups in total. The summed E-state index contributed by atoms with van der Waals surface area (Å²) in [5, 5.41) is 12.2. The van der Waals surface area contributed by atoms with E-state index in [1.165, 1.54) is 26.4 Å². The summed E-state index contributed by atoms with van der Waals surface area (Å²) in [4.78, 5) is 15.3. The summed E-state index contributed by atoms with van der Waals surface area (Å²) < 4.78 is 25.0. The van der Waals surface area contributed by atoms with Crippen LogP contribution in [0.2, 0.25) is 0 Å². The molecule has 1 aliphatic carbocycles. The van der Waals surface area contributed by atoms with Gasteiger partial charge in [-0.3, -0.25) is 4.79 Å². The van der Waals surface area contributed by atoms with E-state index in [-0.39, 0.29) is 10.9 Å². The molecule has 116 valence electrons. The minimum atomic E-state index is -3.50. The van der Waals surface area contributed by atoms with Crippen LogP contribution in [0.15, 0.2) is 23.2 Å². The van der Waals surface area contributed by atoms with Crippen molar-refractivity contribution in [3.63, 3.8) is 0 Å². The van der Waals surface area contributed by atoms with Crippen LogP contribution in [0.4, 0.5) is 5.82 Å². The van der Waals surface area contributed by atoms with Gasteiger partial charge < -0.3 is 10.4 Å². The smallest absolute Gasteiger partial charge is 0.308 e. The summed E-state index contributed by atoms with van der Waals surface area (Å²) in [5.74, 6) is -0.736. The molecule has 0 radical (unpaired) electrons. The maximum Gasteiger partial charge on any atom is 0.308 e. The molecule has 1 fully saturated rings. The maximum atomic E-state index is 11.9. The average molecular weight is 313 g/mol. The van der Waals surface area contributed by atoms with Crippen molar-refractivity contribution in [2.24, 2.45) is 5.92 Å². The van der Waals surface area contributed by atoms with Crippen LogP contribution >= 0.6 is 0 Å². The number of rotatable bonds is 5. The number of carboxylic acid groups (broad SMARTS) is 1. The SMILES string of the molecule is CN(C)S(=O)(=O)c1ccc(NC2CCCC2C(=O)O)nc1. The van der Waals surface area contributed by atoms with Gasteiger partial charge in [0, 0.05) is 26.3 Å². The minimum Gasteiger partial charge on any atom is -0.481 e. The summed E-state index contributed by atoms with van der Waals surface area (Å²) in [7, 11) is -0.585. The highest BCUT2D eigenvalue weighted by molar-refractivity contribution is 7.89. The van der Waals surface area contributed by atoms with Gasteiger partial charge >= 0.3 is 5.97 Å². The van der Waals surface area contributed by atoms with Gasteiger partial charge in [-0.15, -0.1) is 0 Å². The van der Waals surface area contributed by atoms with Gasteiger partial charge in [-0.2, -0.15) is 0 Å². The molecule has 2 atom stereocenters. The van der Waals surface area contributed by atoms with Crippen molar-refractivity contribution >= 4 is 21.8 Å². The van der Waals surface area contributed by atoms with Crippen LogP contribution < -0.4 is 5.32 Å². The van der Waals surface area contributed by atoms with Crippen molar-refractivity contribution in [1.82, 2.24) is 9.29 Å². The number of carbonyl (C=O) groups is 1. The van der Waals surface area contributed by atoms with E-state index < -0.39 is 21.9 Å². The molecule has 1 aromatic heterocycles. The maximum absolute atomic E-state index is 11.9. The van der Waals surface area contributed by atoms with Crippen molar-refractivity contribution in [2.45, 2.75) is 30.2 Å². The molecule has 8 heteroatoms. The molecule has 0 bridgehead atoms. The molecule has 2 unspecified atom stereocenters. The lowest BCUT2D eigenvalue weighted by molar-refractivity contribution is -0.141. The zero-order chi connectivity index (χ0) is 15.6. The van der Waals surface area contributed by atoms with E-state index in [4.69, 9.17) is 5.11 Å². The Balaban J connectivity index is 2.12. The summed E-state index contributed by atoms with van der Waals surface area (Å²) in [6.45, 7) is 0. The largest absolute Gasteiger partial charge is 0.481 e. The normalized spacial score (nSPS) is 22.4. The molecule has 0 saturated heterocycles.